The van der Waals surface area contributed by atoms with Gasteiger partial charge in [0.1, 0.15) is 5.82 Å². The highest BCUT2D eigenvalue weighted by atomic mass is 32.2. The van der Waals surface area contributed by atoms with Gasteiger partial charge < -0.3 is 20.6 Å². The third kappa shape index (κ3) is 9.32. The largest absolute Gasteiger partial charge is 0.490 e. The second kappa shape index (κ2) is 14.0. The number of piperazine rings is 1. The van der Waals surface area contributed by atoms with Crippen LogP contribution in [0.5, 0.6) is 0 Å². The number of alkyl halides is 3. The molecule has 0 bridgehead atoms. The van der Waals surface area contributed by atoms with Crippen LogP contribution in [0.1, 0.15) is 60.0 Å². The number of rotatable bonds is 6. The second-order valence-corrected chi connectivity index (χ2v) is 11.8. The molecule has 41 heavy (non-hydrogen) atoms. The highest BCUT2D eigenvalue weighted by Crippen LogP contribution is 2.26. The molecule has 1 aliphatic carbocycles. The molecular formula is C27H36F3N5O5S. The topological polar surface area (TPSA) is 141 Å². The number of carbonyl (C=O) groups is 2. The second-order valence-electron chi connectivity index (χ2n) is 10.2. The quantitative estimate of drug-likeness (QED) is 0.366. The average molecular weight is 600 g/mol. The van der Waals surface area contributed by atoms with Crippen molar-refractivity contribution in [3.8, 4) is 0 Å². The van der Waals surface area contributed by atoms with E-state index in [1.807, 2.05) is 13.0 Å². The number of sulfonamides is 1. The van der Waals surface area contributed by atoms with Crippen LogP contribution in [0, 0.1) is 13.8 Å². The molecule has 1 aromatic carbocycles. The predicted molar refractivity (Wildman–Crippen MR) is 149 cm³/mol. The minimum absolute atomic E-state index is 0.140. The summed E-state index contributed by atoms with van der Waals surface area (Å²) >= 11 is 0. The molecule has 0 radical (unpaired) electrons. The monoisotopic (exact) mass is 599 g/mol. The fourth-order valence-corrected chi connectivity index (χ4v) is 6.07. The lowest BCUT2D eigenvalue weighted by molar-refractivity contribution is -0.192. The van der Waals surface area contributed by atoms with Gasteiger partial charge in [-0.3, -0.25) is 9.52 Å². The SMILES string of the molecule is Cc1ccc(C)c(S(=O)(=O)Nc2cnc(N3CCNCC3)c(C(=O)NC3CCCCCC3)c2)c1.O=C(O)C(F)(F)F. The van der Waals surface area contributed by atoms with E-state index in [2.05, 4.69) is 25.2 Å². The molecule has 2 heterocycles. The van der Waals surface area contributed by atoms with Crippen molar-refractivity contribution in [2.75, 3.05) is 35.8 Å². The Labute approximate surface area is 237 Å². The van der Waals surface area contributed by atoms with Gasteiger partial charge in [-0.2, -0.15) is 13.2 Å². The summed E-state index contributed by atoms with van der Waals surface area (Å²) in [5.41, 5.74) is 2.22. The molecule has 1 saturated carbocycles. The fraction of sp³-hybridized carbons (Fsp3) is 0.519. The Bertz CT molecular complexity index is 1320. The molecule has 2 fully saturated rings. The number of carboxylic acid groups (broad SMARTS) is 1. The number of amides is 1. The van der Waals surface area contributed by atoms with Crippen LogP contribution in [0.2, 0.25) is 0 Å². The minimum atomic E-state index is -5.08. The summed E-state index contributed by atoms with van der Waals surface area (Å²) < 4.78 is 60.7. The van der Waals surface area contributed by atoms with E-state index >= 15 is 0 Å². The first-order chi connectivity index (χ1) is 19.3. The Balaban J connectivity index is 0.000000587. The lowest BCUT2D eigenvalue weighted by atomic mass is 10.1. The van der Waals surface area contributed by atoms with E-state index in [-0.39, 0.29) is 22.5 Å². The summed E-state index contributed by atoms with van der Waals surface area (Å²) in [7, 11) is -3.82. The van der Waals surface area contributed by atoms with E-state index in [9.17, 15) is 26.4 Å². The number of carbonyl (C=O) groups excluding carboxylic acids is 1. The van der Waals surface area contributed by atoms with E-state index in [0.29, 0.717) is 16.9 Å². The molecule has 1 aromatic heterocycles. The zero-order valence-electron chi connectivity index (χ0n) is 23.1. The van der Waals surface area contributed by atoms with Crippen molar-refractivity contribution >= 4 is 33.4 Å². The molecule has 0 unspecified atom stereocenters. The standard InChI is InChI=1S/C25H35N5O3S.C2HF3O2/c1-18-9-10-19(2)23(15-18)34(32,33)29-21-16-22(24(27-17-21)30-13-11-26-12-14-30)25(31)28-20-7-5-3-4-6-8-20;3-2(4,5)1(6)7/h9-10,15-17,20,26,29H,3-8,11-14H2,1-2H3,(H,28,31);(H,6,7). The molecule has 1 amide bonds. The van der Waals surface area contributed by atoms with E-state index < -0.39 is 22.2 Å². The summed E-state index contributed by atoms with van der Waals surface area (Å²) in [6.45, 7) is 6.73. The third-order valence-electron chi connectivity index (χ3n) is 6.85. The van der Waals surface area contributed by atoms with Crippen molar-refractivity contribution in [1.82, 2.24) is 15.6 Å². The van der Waals surface area contributed by atoms with Gasteiger partial charge in [-0.25, -0.2) is 18.2 Å². The maximum absolute atomic E-state index is 13.4. The van der Waals surface area contributed by atoms with Crippen molar-refractivity contribution in [1.29, 1.82) is 0 Å². The smallest absolute Gasteiger partial charge is 0.475 e. The maximum atomic E-state index is 13.4. The van der Waals surface area contributed by atoms with Crippen LogP contribution < -0.4 is 20.3 Å². The molecule has 0 spiro atoms. The first-order valence-corrected chi connectivity index (χ1v) is 14.9. The molecular weight excluding hydrogens is 563 g/mol. The van der Waals surface area contributed by atoms with Crippen molar-refractivity contribution in [2.45, 2.75) is 69.5 Å². The summed E-state index contributed by atoms with van der Waals surface area (Å²) in [6.07, 6.45) is 3.00. The number of benzene rings is 1. The first kappa shape index (κ1) is 32.1. The number of aromatic nitrogens is 1. The fourth-order valence-electron chi connectivity index (χ4n) is 4.70. The number of aliphatic carboxylic acids is 1. The summed E-state index contributed by atoms with van der Waals surface area (Å²) in [5.74, 6) is -2.35. The van der Waals surface area contributed by atoms with Crippen LogP contribution in [-0.4, -0.2) is 68.8 Å². The van der Waals surface area contributed by atoms with Crippen molar-refractivity contribution in [3.63, 3.8) is 0 Å². The lowest BCUT2D eigenvalue weighted by Gasteiger charge is -2.30. The van der Waals surface area contributed by atoms with Crippen molar-refractivity contribution in [3.05, 3.63) is 47.2 Å². The van der Waals surface area contributed by atoms with Crippen LogP contribution >= 0.6 is 0 Å². The summed E-state index contributed by atoms with van der Waals surface area (Å²) in [6, 6.07) is 7.09. The van der Waals surface area contributed by atoms with Crippen LogP contribution in [0.4, 0.5) is 24.7 Å². The number of anilines is 2. The van der Waals surface area contributed by atoms with Crippen LogP contribution in [0.15, 0.2) is 35.4 Å². The number of aryl methyl sites for hydroxylation is 2. The van der Waals surface area contributed by atoms with Gasteiger partial charge >= 0.3 is 12.1 Å². The number of nitrogens with one attached hydrogen (secondary N) is 3. The maximum Gasteiger partial charge on any atom is 0.490 e. The minimum Gasteiger partial charge on any atom is -0.475 e. The van der Waals surface area contributed by atoms with Gasteiger partial charge in [0.15, 0.2) is 0 Å². The summed E-state index contributed by atoms with van der Waals surface area (Å²) in [4.78, 5) is 29.2. The van der Waals surface area contributed by atoms with Crippen LogP contribution in [0.25, 0.3) is 0 Å². The van der Waals surface area contributed by atoms with Crippen molar-refractivity contribution in [2.24, 2.45) is 0 Å². The predicted octanol–water partition coefficient (Wildman–Crippen LogP) is 3.99. The molecule has 1 aliphatic heterocycles. The molecule has 10 nitrogen and oxygen atoms in total. The average Bonchev–Trinajstić information content (AvgIpc) is 3.18. The van der Waals surface area contributed by atoms with E-state index in [1.165, 1.54) is 19.0 Å². The van der Waals surface area contributed by atoms with E-state index in [1.54, 1.807) is 25.1 Å². The number of hydrogen-bond donors (Lipinski definition) is 4. The molecule has 0 atom stereocenters. The molecule has 226 valence electrons. The number of hydrogen-bond acceptors (Lipinski definition) is 7. The zero-order chi connectivity index (χ0) is 30.2. The molecule has 1 saturated heterocycles. The van der Waals surface area contributed by atoms with Gasteiger partial charge in [0.05, 0.1) is 22.3 Å². The molecule has 2 aromatic rings. The van der Waals surface area contributed by atoms with Gasteiger partial charge in [0, 0.05) is 32.2 Å². The Morgan fingerprint density at radius 1 is 1.05 bits per heavy atom. The normalized spacial score (nSPS) is 16.7. The molecule has 14 heteroatoms. The Morgan fingerprint density at radius 3 is 2.24 bits per heavy atom. The highest BCUT2D eigenvalue weighted by Gasteiger charge is 2.38. The number of nitrogens with zero attached hydrogens (tertiary/aromatic N) is 2. The van der Waals surface area contributed by atoms with Crippen LogP contribution in [0.3, 0.4) is 0 Å². The number of carboxylic acids is 1. The molecule has 2 aliphatic rings. The number of halogens is 3. The van der Waals surface area contributed by atoms with Gasteiger partial charge in [-0.15, -0.1) is 0 Å². The third-order valence-corrected chi connectivity index (χ3v) is 8.37. The first-order valence-electron chi connectivity index (χ1n) is 13.4. The Hall–Kier alpha value is -3.39. The zero-order valence-corrected chi connectivity index (χ0v) is 23.9. The Kier molecular flexibility index (Phi) is 11.0. The van der Waals surface area contributed by atoms with Crippen molar-refractivity contribution < 1.29 is 36.3 Å². The van der Waals surface area contributed by atoms with Gasteiger partial charge in [0.2, 0.25) is 0 Å². The summed E-state index contributed by atoms with van der Waals surface area (Å²) in [5, 5.41) is 13.6. The number of pyridine rings is 1. The van der Waals surface area contributed by atoms with Crippen LogP contribution in [-0.2, 0) is 14.8 Å². The van der Waals surface area contributed by atoms with Gasteiger partial charge in [0.25, 0.3) is 15.9 Å². The van der Waals surface area contributed by atoms with Gasteiger partial charge in [-0.1, -0.05) is 37.8 Å². The van der Waals surface area contributed by atoms with Gasteiger partial charge in [-0.05, 0) is 49.9 Å². The highest BCUT2D eigenvalue weighted by molar-refractivity contribution is 7.92. The Morgan fingerprint density at radius 2 is 1.66 bits per heavy atom. The van der Waals surface area contributed by atoms with E-state index in [0.717, 1.165) is 57.4 Å². The molecule has 4 N–H and O–H groups in total. The lowest BCUT2D eigenvalue weighted by Crippen LogP contribution is -2.45. The molecule has 4 rings (SSSR count). The van der Waals surface area contributed by atoms with E-state index in [4.69, 9.17) is 9.90 Å².